The van der Waals surface area contributed by atoms with E-state index in [0.717, 1.165) is 6.20 Å². The lowest BCUT2D eigenvalue weighted by atomic mass is 9.74. The summed E-state index contributed by atoms with van der Waals surface area (Å²) in [6.45, 7) is -0.200. The second-order valence-corrected chi connectivity index (χ2v) is 8.05. The number of hydrogen-bond donors (Lipinski definition) is 3. The highest BCUT2D eigenvalue weighted by molar-refractivity contribution is 6.30. The van der Waals surface area contributed by atoms with Gasteiger partial charge in [0.05, 0.1) is 4.92 Å². The van der Waals surface area contributed by atoms with Gasteiger partial charge in [0, 0.05) is 17.3 Å². The Kier molecular flexibility index (Phi) is 6.88. The average Bonchev–Trinajstić information content (AvgIpc) is 2.87. The highest BCUT2D eigenvalue weighted by Gasteiger charge is 2.42. The Bertz CT molecular complexity index is 1300. The van der Waals surface area contributed by atoms with Crippen molar-refractivity contribution in [3.05, 3.63) is 117 Å². The molecular formula is C25H20ClN5O4. The van der Waals surface area contributed by atoms with Crippen molar-refractivity contribution in [1.82, 2.24) is 9.97 Å². The van der Waals surface area contributed by atoms with E-state index in [-0.39, 0.29) is 24.0 Å². The molecule has 0 amide bonds. The van der Waals surface area contributed by atoms with E-state index < -0.39 is 16.3 Å². The van der Waals surface area contributed by atoms with Crippen molar-refractivity contribution in [2.24, 2.45) is 0 Å². The number of aromatic nitrogens is 2. The van der Waals surface area contributed by atoms with Gasteiger partial charge in [-0.1, -0.05) is 72.3 Å². The lowest BCUT2D eigenvalue weighted by Gasteiger charge is -2.31. The maximum atomic E-state index is 12.8. The summed E-state index contributed by atoms with van der Waals surface area (Å²) in [5, 5.41) is 28.5. The van der Waals surface area contributed by atoms with Gasteiger partial charge < -0.3 is 15.7 Å². The van der Waals surface area contributed by atoms with Crippen LogP contribution in [0.1, 0.15) is 11.1 Å². The minimum absolute atomic E-state index is 0.0979. The van der Waals surface area contributed by atoms with Crippen molar-refractivity contribution in [2.75, 3.05) is 17.2 Å². The quantitative estimate of drug-likeness (QED) is 0.214. The summed E-state index contributed by atoms with van der Waals surface area (Å²) in [7, 11) is 0. The number of anilines is 3. The number of halogens is 1. The van der Waals surface area contributed by atoms with E-state index >= 15 is 0 Å². The number of hydrogen-bond acceptors (Lipinski definition) is 7. The molecule has 0 aliphatic heterocycles. The number of nitro groups is 1. The van der Waals surface area contributed by atoms with Gasteiger partial charge in [0.2, 0.25) is 11.8 Å². The largest absolute Gasteiger partial charge is 0.480 e. The number of carbonyl (C=O) groups is 1. The van der Waals surface area contributed by atoms with Gasteiger partial charge in [0.15, 0.2) is 0 Å². The standard InChI is InChI=1S/C25H20ClN5O4/c26-19-11-13-20(14-12-19)29-24-27-15-21(31(34)35)22(30-24)28-16-25(23(32)33,17-7-3-1-4-8-17)18-9-5-2-6-10-18/h1-15H,16H2,(H,32,33)(H2,27,28,29,30). The molecular weight excluding hydrogens is 470 g/mol. The number of nitrogens with zero attached hydrogens (tertiary/aromatic N) is 3. The van der Waals surface area contributed by atoms with Crippen LogP contribution in [0.3, 0.4) is 0 Å². The number of carboxylic acid groups (broad SMARTS) is 1. The molecule has 0 aliphatic rings. The van der Waals surface area contributed by atoms with E-state index in [1.807, 2.05) is 0 Å². The third-order valence-corrected chi connectivity index (χ3v) is 5.74. The summed E-state index contributed by atoms with van der Waals surface area (Å²) in [6.07, 6.45) is 1.07. The topological polar surface area (TPSA) is 130 Å². The smallest absolute Gasteiger partial charge is 0.329 e. The summed E-state index contributed by atoms with van der Waals surface area (Å²) in [6, 6.07) is 24.2. The number of carboxylic acids is 1. The predicted molar refractivity (Wildman–Crippen MR) is 133 cm³/mol. The van der Waals surface area contributed by atoms with E-state index in [2.05, 4.69) is 20.6 Å². The summed E-state index contributed by atoms with van der Waals surface area (Å²) < 4.78 is 0. The van der Waals surface area contributed by atoms with Gasteiger partial charge in [0.25, 0.3) is 0 Å². The number of nitrogens with one attached hydrogen (secondary N) is 2. The lowest BCUT2D eigenvalue weighted by molar-refractivity contribution is -0.384. The molecule has 0 saturated carbocycles. The van der Waals surface area contributed by atoms with Crippen molar-refractivity contribution < 1.29 is 14.8 Å². The first-order chi connectivity index (χ1) is 16.9. The summed E-state index contributed by atoms with van der Waals surface area (Å²) >= 11 is 5.91. The fourth-order valence-corrected chi connectivity index (χ4v) is 3.84. The Balaban J connectivity index is 1.73. The van der Waals surface area contributed by atoms with Gasteiger partial charge in [0.1, 0.15) is 11.6 Å². The normalized spacial score (nSPS) is 11.0. The van der Waals surface area contributed by atoms with Gasteiger partial charge in [-0.05, 0) is 35.4 Å². The van der Waals surface area contributed by atoms with Crippen LogP contribution in [0.2, 0.25) is 5.02 Å². The second kappa shape index (κ2) is 10.2. The molecule has 1 aromatic heterocycles. The van der Waals surface area contributed by atoms with Crippen LogP contribution in [-0.4, -0.2) is 32.5 Å². The number of rotatable bonds is 9. The number of aliphatic carboxylic acids is 1. The Morgan fingerprint density at radius 1 is 0.971 bits per heavy atom. The third kappa shape index (κ3) is 5.04. The van der Waals surface area contributed by atoms with Gasteiger partial charge >= 0.3 is 11.7 Å². The van der Waals surface area contributed by atoms with E-state index in [4.69, 9.17) is 11.6 Å². The molecule has 3 N–H and O–H groups in total. The Hall–Kier alpha value is -4.50. The van der Waals surface area contributed by atoms with E-state index in [0.29, 0.717) is 21.8 Å². The zero-order chi connectivity index (χ0) is 24.8. The van der Waals surface area contributed by atoms with Crippen LogP contribution in [0.25, 0.3) is 0 Å². The molecule has 4 aromatic rings. The first-order valence-corrected chi connectivity index (χ1v) is 10.9. The molecule has 0 saturated heterocycles. The fraction of sp³-hybridized carbons (Fsp3) is 0.0800. The van der Waals surface area contributed by atoms with Crippen LogP contribution < -0.4 is 10.6 Å². The van der Waals surface area contributed by atoms with Gasteiger partial charge in [-0.15, -0.1) is 0 Å². The molecule has 9 nitrogen and oxygen atoms in total. The molecule has 0 spiro atoms. The van der Waals surface area contributed by atoms with Gasteiger partial charge in [-0.25, -0.2) is 4.98 Å². The minimum Gasteiger partial charge on any atom is -0.480 e. The third-order valence-electron chi connectivity index (χ3n) is 5.49. The van der Waals surface area contributed by atoms with Crippen molar-refractivity contribution in [3.8, 4) is 0 Å². The van der Waals surface area contributed by atoms with Crippen LogP contribution in [-0.2, 0) is 10.2 Å². The maximum Gasteiger partial charge on any atom is 0.329 e. The molecule has 0 aliphatic carbocycles. The molecule has 0 radical (unpaired) electrons. The molecule has 176 valence electrons. The second-order valence-electron chi connectivity index (χ2n) is 7.61. The zero-order valence-electron chi connectivity index (χ0n) is 18.3. The Morgan fingerprint density at radius 2 is 1.54 bits per heavy atom. The molecule has 1 heterocycles. The summed E-state index contributed by atoms with van der Waals surface area (Å²) in [5.74, 6) is -1.13. The minimum atomic E-state index is -1.54. The van der Waals surface area contributed by atoms with Crippen molar-refractivity contribution in [1.29, 1.82) is 0 Å². The van der Waals surface area contributed by atoms with Crippen LogP contribution in [0.15, 0.2) is 91.1 Å². The van der Waals surface area contributed by atoms with Crippen molar-refractivity contribution in [2.45, 2.75) is 5.41 Å². The molecule has 0 bridgehead atoms. The molecule has 4 rings (SSSR count). The SMILES string of the molecule is O=C(O)C(CNc1nc(Nc2ccc(Cl)cc2)ncc1[N+](=O)[O-])(c1ccccc1)c1ccccc1. The van der Waals surface area contributed by atoms with E-state index in [1.165, 1.54) is 0 Å². The molecule has 0 unspecified atom stereocenters. The monoisotopic (exact) mass is 489 g/mol. The van der Waals surface area contributed by atoms with Crippen LogP contribution in [0, 0.1) is 10.1 Å². The first kappa shape index (κ1) is 23.7. The van der Waals surface area contributed by atoms with Crippen LogP contribution in [0.5, 0.6) is 0 Å². The van der Waals surface area contributed by atoms with Crippen LogP contribution >= 0.6 is 11.6 Å². The predicted octanol–water partition coefficient (Wildman–Crippen LogP) is 5.26. The maximum absolute atomic E-state index is 12.8. The van der Waals surface area contributed by atoms with E-state index in [9.17, 15) is 20.0 Å². The highest BCUT2D eigenvalue weighted by atomic mass is 35.5. The van der Waals surface area contributed by atoms with Crippen molar-refractivity contribution in [3.63, 3.8) is 0 Å². The lowest BCUT2D eigenvalue weighted by Crippen LogP contribution is -2.43. The fourth-order valence-electron chi connectivity index (χ4n) is 3.72. The number of benzene rings is 3. The van der Waals surface area contributed by atoms with Crippen LogP contribution in [0.4, 0.5) is 23.1 Å². The molecule has 0 atom stereocenters. The Morgan fingerprint density at radius 3 is 2.06 bits per heavy atom. The first-order valence-electron chi connectivity index (χ1n) is 10.5. The molecule has 10 heteroatoms. The summed E-state index contributed by atoms with van der Waals surface area (Å²) in [4.78, 5) is 32.1. The summed E-state index contributed by atoms with van der Waals surface area (Å²) in [5.41, 5.74) is -0.259. The molecule has 35 heavy (non-hydrogen) atoms. The molecule has 3 aromatic carbocycles. The van der Waals surface area contributed by atoms with Gasteiger partial charge in [-0.2, -0.15) is 4.98 Å². The zero-order valence-corrected chi connectivity index (χ0v) is 19.0. The Labute approximate surface area is 205 Å². The van der Waals surface area contributed by atoms with E-state index in [1.54, 1.807) is 84.9 Å². The highest BCUT2D eigenvalue weighted by Crippen LogP contribution is 2.34. The van der Waals surface area contributed by atoms with Crippen molar-refractivity contribution >= 4 is 40.7 Å². The van der Waals surface area contributed by atoms with Gasteiger partial charge in [-0.3, -0.25) is 14.9 Å². The molecule has 0 fully saturated rings. The average molecular weight is 490 g/mol.